The molecule has 0 fully saturated rings. The van der Waals surface area contributed by atoms with Crippen LogP contribution < -0.4 is 14.8 Å². The summed E-state index contributed by atoms with van der Waals surface area (Å²) in [6.45, 7) is 4.84. The third-order valence-electron chi connectivity index (χ3n) is 4.59. The van der Waals surface area contributed by atoms with Gasteiger partial charge in [0.25, 0.3) is 5.91 Å². The van der Waals surface area contributed by atoms with Crippen LogP contribution in [0.3, 0.4) is 0 Å². The standard InChI is InChI=1S/C26H22BrClN2O3/c1-3-32-22-9-7-21(8-10-22)30-26(31)20(15-29)12-19-13-23(27)25(24(28)14-19)33-16-18-6-4-5-17(2)11-18/h4-14H,3,16H2,1-2H3,(H,30,31)/b20-12-. The molecule has 5 nitrogen and oxygen atoms in total. The van der Waals surface area contributed by atoms with E-state index in [0.29, 0.717) is 45.5 Å². The van der Waals surface area contributed by atoms with Crippen molar-refractivity contribution in [3.05, 3.63) is 92.4 Å². The zero-order valence-corrected chi connectivity index (χ0v) is 20.5. The first-order valence-corrected chi connectivity index (χ1v) is 11.4. The number of benzene rings is 3. The Bertz CT molecular complexity index is 1190. The fourth-order valence-electron chi connectivity index (χ4n) is 3.07. The first-order chi connectivity index (χ1) is 15.9. The van der Waals surface area contributed by atoms with E-state index in [-0.39, 0.29) is 5.57 Å². The van der Waals surface area contributed by atoms with Crippen molar-refractivity contribution < 1.29 is 14.3 Å². The van der Waals surface area contributed by atoms with Crippen LogP contribution in [0.5, 0.6) is 11.5 Å². The molecule has 3 aromatic rings. The number of nitrogens with zero attached hydrogens (tertiary/aromatic N) is 1. The maximum atomic E-state index is 12.6. The second-order valence-corrected chi connectivity index (χ2v) is 8.43. The Kier molecular flexibility index (Phi) is 8.53. The molecule has 33 heavy (non-hydrogen) atoms. The number of hydrogen-bond donors (Lipinski definition) is 1. The van der Waals surface area contributed by atoms with E-state index in [4.69, 9.17) is 21.1 Å². The number of amides is 1. The number of halogens is 2. The lowest BCUT2D eigenvalue weighted by molar-refractivity contribution is -0.112. The number of aryl methyl sites for hydroxylation is 1. The number of nitrogens with one attached hydrogen (secondary N) is 1. The zero-order chi connectivity index (χ0) is 23.8. The minimum Gasteiger partial charge on any atom is -0.494 e. The molecule has 0 aliphatic rings. The summed E-state index contributed by atoms with van der Waals surface area (Å²) in [7, 11) is 0. The largest absolute Gasteiger partial charge is 0.494 e. The van der Waals surface area contributed by atoms with Gasteiger partial charge < -0.3 is 14.8 Å². The van der Waals surface area contributed by atoms with Gasteiger partial charge in [-0.25, -0.2) is 0 Å². The third-order valence-corrected chi connectivity index (χ3v) is 5.46. The van der Waals surface area contributed by atoms with Crippen LogP contribution in [0.15, 0.2) is 70.7 Å². The molecule has 0 unspecified atom stereocenters. The molecule has 0 atom stereocenters. The topological polar surface area (TPSA) is 71.3 Å². The maximum absolute atomic E-state index is 12.6. The molecule has 3 aromatic carbocycles. The van der Waals surface area contributed by atoms with E-state index in [1.54, 1.807) is 36.4 Å². The number of hydrogen-bond acceptors (Lipinski definition) is 4. The van der Waals surface area contributed by atoms with Gasteiger partial charge in [-0.1, -0.05) is 41.4 Å². The van der Waals surface area contributed by atoms with E-state index in [1.807, 2.05) is 44.2 Å². The molecule has 0 aromatic heterocycles. The Labute approximate surface area is 206 Å². The summed E-state index contributed by atoms with van der Waals surface area (Å²) in [6.07, 6.45) is 1.48. The Balaban J connectivity index is 1.73. The molecule has 0 spiro atoms. The van der Waals surface area contributed by atoms with Crippen LogP contribution in [-0.4, -0.2) is 12.5 Å². The zero-order valence-electron chi connectivity index (χ0n) is 18.2. The Morgan fingerprint density at radius 2 is 1.91 bits per heavy atom. The highest BCUT2D eigenvalue weighted by molar-refractivity contribution is 9.10. The van der Waals surface area contributed by atoms with Gasteiger partial charge in [-0.15, -0.1) is 0 Å². The van der Waals surface area contributed by atoms with Crippen molar-refractivity contribution in [2.75, 3.05) is 11.9 Å². The monoisotopic (exact) mass is 524 g/mol. The Morgan fingerprint density at radius 3 is 2.55 bits per heavy atom. The van der Waals surface area contributed by atoms with E-state index in [1.165, 1.54) is 6.08 Å². The lowest BCUT2D eigenvalue weighted by Gasteiger charge is -2.12. The molecule has 0 radical (unpaired) electrons. The SMILES string of the molecule is CCOc1ccc(NC(=O)/C(C#N)=C\c2cc(Cl)c(OCc3cccc(C)c3)c(Br)c2)cc1. The Morgan fingerprint density at radius 1 is 1.15 bits per heavy atom. The summed E-state index contributed by atoms with van der Waals surface area (Å²) < 4.78 is 11.9. The first kappa shape index (κ1) is 24.4. The van der Waals surface area contributed by atoms with Crippen molar-refractivity contribution in [2.24, 2.45) is 0 Å². The fourth-order valence-corrected chi connectivity index (χ4v) is 4.06. The number of carbonyl (C=O) groups excluding carboxylic acids is 1. The molecule has 0 aliphatic heterocycles. The predicted molar refractivity (Wildman–Crippen MR) is 134 cm³/mol. The molecule has 0 aliphatic carbocycles. The summed E-state index contributed by atoms with van der Waals surface area (Å²) in [5.74, 6) is 0.678. The van der Waals surface area contributed by atoms with Gasteiger partial charge in [-0.05, 0) is 83.4 Å². The molecule has 1 N–H and O–H groups in total. The smallest absolute Gasteiger partial charge is 0.266 e. The third kappa shape index (κ3) is 6.85. The maximum Gasteiger partial charge on any atom is 0.266 e. The average Bonchev–Trinajstić information content (AvgIpc) is 2.78. The van der Waals surface area contributed by atoms with Crippen LogP contribution in [-0.2, 0) is 11.4 Å². The summed E-state index contributed by atoms with van der Waals surface area (Å²) in [5.41, 5.74) is 3.27. The fraction of sp³-hybridized carbons (Fsp3) is 0.154. The molecule has 7 heteroatoms. The van der Waals surface area contributed by atoms with Gasteiger partial charge in [0.05, 0.1) is 16.1 Å². The number of carbonyl (C=O) groups is 1. The van der Waals surface area contributed by atoms with Crippen molar-refractivity contribution in [2.45, 2.75) is 20.5 Å². The van der Waals surface area contributed by atoms with E-state index < -0.39 is 5.91 Å². The highest BCUT2D eigenvalue weighted by Crippen LogP contribution is 2.35. The normalized spacial score (nSPS) is 10.9. The van der Waals surface area contributed by atoms with Crippen molar-refractivity contribution in [3.8, 4) is 17.6 Å². The van der Waals surface area contributed by atoms with Crippen LogP contribution in [0, 0.1) is 18.3 Å². The molecule has 1 amide bonds. The summed E-state index contributed by atoms with van der Waals surface area (Å²) in [4.78, 5) is 12.6. The first-order valence-electron chi connectivity index (χ1n) is 10.2. The number of ether oxygens (including phenoxy) is 2. The molecule has 3 rings (SSSR count). The van der Waals surface area contributed by atoms with Gasteiger partial charge in [-0.2, -0.15) is 5.26 Å². The van der Waals surface area contributed by atoms with Gasteiger partial charge >= 0.3 is 0 Å². The lowest BCUT2D eigenvalue weighted by Crippen LogP contribution is -2.13. The van der Waals surface area contributed by atoms with Gasteiger partial charge in [-0.3, -0.25) is 4.79 Å². The van der Waals surface area contributed by atoms with Crippen LogP contribution in [0.25, 0.3) is 6.08 Å². The van der Waals surface area contributed by atoms with E-state index in [0.717, 1.165) is 11.1 Å². The predicted octanol–water partition coefficient (Wildman–Crippen LogP) is 6.93. The minimum atomic E-state index is -0.520. The molecular formula is C26H22BrClN2O3. The summed E-state index contributed by atoms with van der Waals surface area (Å²) >= 11 is 9.90. The van der Waals surface area contributed by atoms with Gasteiger partial charge in [0.1, 0.15) is 24.0 Å². The van der Waals surface area contributed by atoms with Crippen molar-refractivity contribution in [1.29, 1.82) is 5.26 Å². The Hall–Kier alpha value is -3.27. The van der Waals surface area contributed by atoms with Crippen LogP contribution in [0.2, 0.25) is 5.02 Å². The second-order valence-electron chi connectivity index (χ2n) is 7.17. The van der Waals surface area contributed by atoms with Gasteiger partial charge in [0.2, 0.25) is 0 Å². The molecule has 0 bridgehead atoms. The minimum absolute atomic E-state index is 0.0553. The van der Waals surface area contributed by atoms with Crippen molar-refractivity contribution >= 4 is 45.2 Å². The number of nitriles is 1. The van der Waals surface area contributed by atoms with Crippen LogP contribution >= 0.6 is 27.5 Å². The van der Waals surface area contributed by atoms with Gasteiger partial charge in [0, 0.05) is 5.69 Å². The summed E-state index contributed by atoms with van der Waals surface area (Å²) in [6, 6.07) is 20.3. The number of rotatable bonds is 8. The van der Waals surface area contributed by atoms with Crippen LogP contribution in [0.1, 0.15) is 23.6 Å². The van der Waals surface area contributed by atoms with E-state index >= 15 is 0 Å². The van der Waals surface area contributed by atoms with E-state index in [2.05, 4.69) is 21.2 Å². The van der Waals surface area contributed by atoms with Crippen molar-refractivity contribution in [1.82, 2.24) is 0 Å². The quantitative estimate of drug-likeness (QED) is 0.256. The molecule has 0 heterocycles. The highest BCUT2D eigenvalue weighted by atomic mass is 79.9. The molecular weight excluding hydrogens is 504 g/mol. The van der Waals surface area contributed by atoms with Crippen molar-refractivity contribution in [3.63, 3.8) is 0 Å². The molecule has 168 valence electrons. The number of anilines is 1. The second kappa shape index (κ2) is 11.6. The molecule has 0 saturated heterocycles. The van der Waals surface area contributed by atoms with E-state index in [9.17, 15) is 10.1 Å². The average molecular weight is 526 g/mol. The summed E-state index contributed by atoms with van der Waals surface area (Å²) in [5, 5.41) is 12.6. The van der Waals surface area contributed by atoms with Gasteiger partial charge in [0.15, 0.2) is 5.75 Å². The highest BCUT2D eigenvalue weighted by Gasteiger charge is 2.13. The van der Waals surface area contributed by atoms with Crippen LogP contribution in [0.4, 0.5) is 5.69 Å². The lowest BCUT2D eigenvalue weighted by atomic mass is 10.1. The molecule has 0 saturated carbocycles.